The molecule has 2 bridgehead atoms. The van der Waals surface area contributed by atoms with Crippen molar-refractivity contribution in [2.75, 3.05) is 0 Å². The summed E-state index contributed by atoms with van der Waals surface area (Å²) < 4.78 is 25.8. The second-order valence-corrected chi connectivity index (χ2v) is 7.30. The average Bonchev–Trinajstić information content (AvgIpc) is 2.91. The van der Waals surface area contributed by atoms with Crippen LogP contribution >= 0.6 is 0 Å². The molecule has 1 N–H and O–H groups in total. The number of nitrogens with one attached hydrogen (secondary N) is 1. The van der Waals surface area contributed by atoms with Crippen LogP contribution in [-0.4, -0.2) is 11.7 Å². The second-order valence-electron chi connectivity index (χ2n) is 7.30. The molecule has 0 spiro atoms. The van der Waals surface area contributed by atoms with E-state index >= 15 is 0 Å². The van der Waals surface area contributed by atoms with Crippen LogP contribution in [0.5, 0.6) is 0 Å². The Bertz CT molecular complexity index is 1120. The smallest absolute Gasteiger partial charge is 0.218 e. The summed E-state index contributed by atoms with van der Waals surface area (Å²) in [5, 5.41) is 39.1. The van der Waals surface area contributed by atoms with Gasteiger partial charge in [0.05, 0.1) is 24.1 Å². The van der Waals surface area contributed by atoms with Crippen LogP contribution in [0.15, 0.2) is 54.6 Å². The van der Waals surface area contributed by atoms with Crippen molar-refractivity contribution in [3.05, 3.63) is 71.5 Å². The lowest BCUT2D eigenvalue weighted by Crippen LogP contribution is -2.57. The number of ether oxygens (including phenoxy) is 2. The Morgan fingerprint density at radius 2 is 1.62 bits per heavy atom. The Hall–Kier alpha value is -3.73. The van der Waals surface area contributed by atoms with Crippen molar-refractivity contribution >= 4 is 5.90 Å². The summed E-state index contributed by atoms with van der Waals surface area (Å²) in [5.41, 5.74) is -3.25. The Morgan fingerprint density at radius 1 is 0.966 bits per heavy atom. The van der Waals surface area contributed by atoms with Crippen molar-refractivity contribution in [1.29, 1.82) is 21.2 Å². The fourth-order valence-electron chi connectivity index (χ4n) is 4.60. The molecule has 0 unspecified atom stereocenters. The van der Waals surface area contributed by atoms with Gasteiger partial charge in [-0.1, -0.05) is 42.5 Å². The Morgan fingerprint density at radius 3 is 2.21 bits per heavy atom. The highest BCUT2D eigenvalue weighted by molar-refractivity contribution is 5.90. The van der Waals surface area contributed by atoms with Crippen molar-refractivity contribution in [2.45, 2.75) is 24.7 Å². The van der Waals surface area contributed by atoms with Crippen LogP contribution in [0.25, 0.3) is 0 Å². The molecule has 2 aromatic rings. The number of benzene rings is 2. The van der Waals surface area contributed by atoms with Crippen molar-refractivity contribution in [2.24, 2.45) is 10.8 Å². The van der Waals surface area contributed by atoms with E-state index in [-0.39, 0.29) is 5.56 Å². The monoisotopic (exact) mass is 386 g/mol. The summed E-state index contributed by atoms with van der Waals surface area (Å²) in [6.45, 7) is 1.57. The van der Waals surface area contributed by atoms with E-state index in [1.54, 1.807) is 37.3 Å². The van der Waals surface area contributed by atoms with E-state index in [4.69, 9.17) is 14.9 Å². The molecule has 0 saturated carbocycles. The van der Waals surface area contributed by atoms with E-state index in [9.17, 15) is 20.2 Å². The summed E-state index contributed by atoms with van der Waals surface area (Å²) >= 11 is 0. The van der Waals surface area contributed by atoms with Crippen LogP contribution in [0.4, 0.5) is 4.39 Å². The van der Waals surface area contributed by atoms with Crippen molar-refractivity contribution in [3.8, 4) is 18.2 Å². The Balaban J connectivity index is 2.05. The maximum absolute atomic E-state index is 13.9. The predicted molar refractivity (Wildman–Crippen MR) is 98.3 cm³/mol. The Labute approximate surface area is 166 Å². The van der Waals surface area contributed by atoms with Crippen molar-refractivity contribution < 1.29 is 13.9 Å². The normalized spacial score (nSPS) is 31.8. The third-order valence-corrected chi connectivity index (χ3v) is 5.80. The van der Waals surface area contributed by atoms with E-state index in [1.807, 2.05) is 12.1 Å². The molecular weight excluding hydrogens is 371 g/mol. The number of hydrogen-bond acceptors (Lipinski definition) is 6. The number of nitrogens with zero attached hydrogens (tertiary/aromatic N) is 3. The van der Waals surface area contributed by atoms with Crippen molar-refractivity contribution in [3.63, 3.8) is 0 Å². The zero-order valence-electron chi connectivity index (χ0n) is 15.4. The molecule has 0 aromatic heterocycles. The molecule has 2 aromatic carbocycles. The van der Waals surface area contributed by atoms with Gasteiger partial charge < -0.3 is 9.47 Å². The molecule has 0 amide bonds. The van der Waals surface area contributed by atoms with Crippen LogP contribution < -0.4 is 0 Å². The number of fused-ring (bicyclic) bond motifs is 2. The zero-order chi connectivity index (χ0) is 20.9. The highest BCUT2D eigenvalue weighted by atomic mass is 19.1. The molecule has 0 radical (unpaired) electrons. The summed E-state index contributed by atoms with van der Waals surface area (Å²) in [7, 11) is 0. The molecular formula is C22H15FN4O2. The quantitative estimate of drug-likeness (QED) is 0.839. The molecule has 2 saturated heterocycles. The molecule has 7 heteroatoms. The topological polar surface area (TPSA) is 114 Å². The van der Waals surface area contributed by atoms with Crippen LogP contribution in [0, 0.1) is 56.0 Å². The lowest BCUT2D eigenvalue weighted by molar-refractivity contribution is -0.253. The maximum Gasteiger partial charge on any atom is 0.218 e. The van der Waals surface area contributed by atoms with Crippen molar-refractivity contribution in [1.82, 2.24) is 0 Å². The molecule has 2 heterocycles. The fourth-order valence-corrected chi connectivity index (χ4v) is 4.60. The first kappa shape index (κ1) is 18.6. The number of rotatable bonds is 2. The summed E-state index contributed by atoms with van der Waals surface area (Å²) in [6, 6.07) is 20.1. The van der Waals surface area contributed by atoms with Gasteiger partial charge in [0.25, 0.3) is 0 Å². The standard InChI is InChI=1S/C22H15FN4O2/c1-20-17(14-6-3-2-4-7-14)22(13-26,19(27)29-20)21(11-24,12-25)18(28-20)15-8-5-9-16(23)10-15/h2-10,17-18,27H,1H3/t17-,18-,20-,22-/m0/s1. The zero-order valence-corrected chi connectivity index (χ0v) is 15.4. The van der Waals surface area contributed by atoms with E-state index in [1.165, 1.54) is 18.2 Å². The van der Waals surface area contributed by atoms with Gasteiger partial charge in [-0.05, 0) is 23.3 Å². The van der Waals surface area contributed by atoms with Gasteiger partial charge in [-0.25, -0.2) is 4.39 Å². The second kappa shape index (κ2) is 6.14. The number of hydrogen-bond donors (Lipinski definition) is 1. The van der Waals surface area contributed by atoms with Gasteiger partial charge in [0.2, 0.25) is 17.1 Å². The van der Waals surface area contributed by atoms with E-state index in [0.717, 1.165) is 6.07 Å². The van der Waals surface area contributed by atoms with Crippen LogP contribution in [0.2, 0.25) is 0 Å². The van der Waals surface area contributed by atoms with E-state index in [0.29, 0.717) is 5.56 Å². The lowest BCUT2D eigenvalue weighted by atomic mass is 9.52. The summed E-state index contributed by atoms with van der Waals surface area (Å²) in [6.07, 6.45) is -1.29. The number of nitriles is 3. The third-order valence-electron chi connectivity index (χ3n) is 5.80. The summed E-state index contributed by atoms with van der Waals surface area (Å²) in [5.74, 6) is -3.47. The minimum absolute atomic E-state index is 0.226. The Kier molecular flexibility index (Phi) is 3.94. The maximum atomic E-state index is 13.9. The van der Waals surface area contributed by atoms with Gasteiger partial charge in [-0.3, -0.25) is 5.41 Å². The minimum Gasteiger partial charge on any atom is -0.447 e. The third kappa shape index (κ3) is 2.18. The number of halogens is 1. The first-order valence-electron chi connectivity index (χ1n) is 8.88. The van der Waals surface area contributed by atoms with Gasteiger partial charge in [-0.2, -0.15) is 15.8 Å². The molecule has 142 valence electrons. The van der Waals surface area contributed by atoms with Gasteiger partial charge >= 0.3 is 0 Å². The molecule has 29 heavy (non-hydrogen) atoms. The van der Waals surface area contributed by atoms with Crippen LogP contribution in [0.3, 0.4) is 0 Å². The SMILES string of the molecule is C[C@]12OC(=N)[C@](C#N)([C@H]1c1ccccc1)C(C#N)(C#N)[C@H](c1cccc(F)c1)O2. The molecule has 2 aliphatic rings. The van der Waals surface area contributed by atoms with Gasteiger partial charge in [0, 0.05) is 6.92 Å². The van der Waals surface area contributed by atoms with Gasteiger partial charge in [0.1, 0.15) is 11.9 Å². The first-order chi connectivity index (χ1) is 13.9. The van der Waals surface area contributed by atoms with E-state index in [2.05, 4.69) is 6.07 Å². The van der Waals surface area contributed by atoms with Crippen LogP contribution in [-0.2, 0) is 9.47 Å². The average molecular weight is 386 g/mol. The molecule has 4 atom stereocenters. The van der Waals surface area contributed by atoms with Gasteiger partial charge in [0.15, 0.2) is 5.41 Å². The minimum atomic E-state index is -2.14. The molecule has 0 aliphatic carbocycles. The molecule has 2 aliphatic heterocycles. The fraction of sp³-hybridized carbons (Fsp3) is 0.273. The largest absolute Gasteiger partial charge is 0.447 e. The van der Waals surface area contributed by atoms with E-state index < -0.39 is 40.4 Å². The highest BCUT2D eigenvalue weighted by Gasteiger charge is 2.79. The highest BCUT2D eigenvalue weighted by Crippen LogP contribution is 2.69. The predicted octanol–water partition coefficient (Wildman–Crippen LogP) is 3.95. The lowest BCUT2D eigenvalue weighted by Gasteiger charge is -2.48. The molecule has 6 nitrogen and oxygen atoms in total. The summed E-state index contributed by atoms with van der Waals surface area (Å²) in [4.78, 5) is 0. The molecule has 2 fully saturated rings. The van der Waals surface area contributed by atoms with Crippen LogP contribution in [0.1, 0.15) is 30.1 Å². The first-order valence-corrected chi connectivity index (χ1v) is 8.88. The van der Waals surface area contributed by atoms with Gasteiger partial charge in [-0.15, -0.1) is 0 Å². The molecule has 4 rings (SSSR count).